The average Bonchev–Trinajstić information content (AvgIpc) is 2.45. The molecule has 2 rings (SSSR count). The molecule has 0 aliphatic rings. The van der Waals surface area contributed by atoms with Crippen molar-refractivity contribution in [3.05, 3.63) is 50.9 Å². The summed E-state index contributed by atoms with van der Waals surface area (Å²) in [6, 6.07) is 10.2. The molecule has 0 aliphatic carbocycles. The fourth-order valence-electron chi connectivity index (χ4n) is 1.73. The molecule has 2 aromatic carbocycles. The molecular formula is C15H13Br2NO3. The Balaban J connectivity index is 2.20. The van der Waals surface area contributed by atoms with Gasteiger partial charge in [0.1, 0.15) is 11.5 Å². The zero-order valence-corrected chi connectivity index (χ0v) is 14.4. The molecule has 0 radical (unpaired) electrons. The number of phenolic OH excluding ortho intramolecular Hbond substituents is 1. The first-order valence-corrected chi connectivity index (χ1v) is 7.82. The number of nitrogens with one attached hydrogen (secondary N) is 1. The Morgan fingerprint density at radius 2 is 1.90 bits per heavy atom. The second-order valence-corrected chi connectivity index (χ2v) is 5.91. The van der Waals surface area contributed by atoms with Crippen LogP contribution in [-0.2, 0) is 0 Å². The van der Waals surface area contributed by atoms with Crippen molar-refractivity contribution in [1.29, 1.82) is 0 Å². The van der Waals surface area contributed by atoms with E-state index in [9.17, 15) is 9.90 Å². The minimum Gasteiger partial charge on any atom is -0.506 e. The van der Waals surface area contributed by atoms with Crippen LogP contribution in [0.1, 0.15) is 17.3 Å². The number of carbonyl (C=O) groups excluding carboxylic acids is 1. The maximum Gasteiger partial charge on any atom is 0.255 e. The van der Waals surface area contributed by atoms with Crippen LogP contribution < -0.4 is 10.1 Å². The van der Waals surface area contributed by atoms with Gasteiger partial charge in [0.2, 0.25) is 0 Å². The predicted octanol–water partition coefficient (Wildman–Crippen LogP) is 4.57. The largest absolute Gasteiger partial charge is 0.506 e. The van der Waals surface area contributed by atoms with Gasteiger partial charge in [-0.05, 0) is 69.1 Å². The minimum absolute atomic E-state index is 0.0892. The van der Waals surface area contributed by atoms with Gasteiger partial charge >= 0.3 is 0 Å². The lowest BCUT2D eigenvalue weighted by Crippen LogP contribution is -2.12. The van der Waals surface area contributed by atoms with Crippen LogP contribution in [0.15, 0.2) is 45.3 Å². The Morgan fingerprint density at radius 3 is 2.52 bits per heavy atom. The topological polar surface area (TPSA) is 58.6 Å². The van der Waals surface area contributed by atoms with Crippen molar-refractivity contribution in [2.75, 3.05) is 11.9 Å². The Hall–Kier alpha value is -1.53. The monoisotopic (exact) mass is 413 g/mol. The third-order valence-electron chi connectivity index (χ3n) is 2.68. The van der Waals surface area contributed by atoms with Crippen LogP contribution in [0.5, 0.6) is 11.5 Å². The lowest BCUT2D eigenvalue weighted by Gasteiger charge is -2.09. The zero-order chi connectivity index (χ0) is 15.4. The molecule has 4 nitrogen and oxygen atoms in total. The number of aromatic hydroxyl groups is 1. The number of benzene rings is 2. The highest BCUT2D eigenvalue weighted by Gasteiger charge is 2.10. The Morgan fingerprint density at radius 1 is 1.24 bits per heavy atom. The van der Waals surface area contributed by atoms with Crippen LogP contribution in [0.25, 0.3) is 0 Å². The summed E-state index contributed by atoms with van der Waals surface area (Å²) in [6.45, 7) is 2.43. The van der Waals surface area contributed by atoms with Crippen molar-refractivity contribution >= 4 is 43.5 Å². The highest BCUT2D eigenvalue weighted by atomic mass is 79.9. The van der Waals surface area contributed by atoms with Gasteiger partial charge in [-0.2, -0.15) is 0 Å². The highest BCUT2D eigenvalue weighted by Crippen LogP contribution is 2.35. The number of amides is 1. The molecule has 110 valence electrons. The maximum atomic E-state index is 12.2. The maximum absolute atomic E-state index is 12.2. The van der Waals surface area contributed by atoms with Gasteiger partial charge < -0.3 is 15.2 Å². The number of hydrogen-bond acceptors (Lipinski definition) is 3. The Bertz CT molecular complexity index is 651. The molecular weight excluding hydrogens is 402 g/mol. The lowest BCUT2D eigenvalue weighted by atomic mass is 10.2. The van der Waals surface area contributed by atoms with Gasteiger partial charge in [-0.15, -0.1) is 0 Å². The molecule has 0 heterocycles. The quantitative estimate of drug-likeness (QED) is 0.720. The van der Waals surface area contributed by atoms with Crippen molar-refractivity contribution < 1.29 is 14.6 Å². The van der Waals surface area contributed by atoms with E-state index in [1.165, 1.54) is 0 Å². The first kappa shape index (κ1) is 15.9. The normalized spacial score (nSPS) is 10.2. The second kappa shape index (κ2) is 6.95. The molecule has 0 saturated heterocycles. The number of carbonyl (C=O) groups is 1. The van der Waals surface area contributed by atoms with E-state index in [0.717, 1.165) is 0 Å². The molecule has 0 bridgehead atoms. The smallest absolute Gasteiger partial charge is 0.255 e. The van der Waals surface area contributed by atoms with E-state index in [0.29, 0.717) is 32.6 Å². The first-order chi connectivity index (χ1) is 10.0. The second-order valence-electron chi connectivity index (χ2n) is 4.20. The molecule has 6 heteroatoms. The van der Waals surface area contributed by atoms with Gasteiger partial charge in [-0.25, -0.2) is 0 Å². The fraction of sp³-hybridized carbons (Fsp3) is 0.133. The van der Waals surface area contributed by atoms with Crippen molar-refractivity contribution in [3.63, 3.8) is 0 Å². The summed E-state index contributed by atoms with van der Waals surface area (Å²) in [5.41, 5.74) is 1.07. The minimum atomic E-state index is -0.249. The molecule has 0 spiro atoms. The van der Waals surface area contributed by atoms with Gasteiger partial charge in [-0.3, -0.25) is 4.79 Å². The summed E-state index contributed by atoms with van der Waals surface area (Å²) in [5.74, 6) is 0.491. The van der Waals surface area contributed by atoms with E-state index in [2.05, 4.69) is 37.2 Å². The number of ether oxygens (including phenoxy) is 1. The number of rotatable bonds is 4. The van der Waals surface area contributed by atoms with Crippen LogP contribution in [0.3, 0.4) is 0 Å². The third kappa shape index (κ3) is 3.98. The highest BCUT2D eigenvalue weighted by molar-refractivity contribution is 9.11. The molecule has 1 amide bonds. The van der Waals surface area contributed by atoms with Crippen molar-refractivity contribution in [3.8, 4) is 11.5 Å². The van der Waals surface area contributed by atoms with E-state index >= 15 is 0 Å². The van der Waals surface area contributed by atoms with Gasteiger partial charge in [0.25, 0.3) is 5.91 Å². The van der Waals surface area contributed by atoms with Crippen molar-refractivity contribution in [1.82, 2.24) is 0 Å². The van der Waals surface area contributed by atoms with Gasteiger partial charge in [0, 0.05) is 11.3 Å². The first-order valence-electron chi connectivity index (χ1n) is 6.23. The van der Waals surface area contributed by atoms with Crippen LogP contribution in [0, 0.1) is 0 Å². The Labute approximate surface area is 139 Å². The van der Waals surface area contributed by atoms with Crippen LogP contribution in [0.2, 0.25) is 0 Å². The van der Waals surface area contributed by atoms with Crippen LogP contribution in [0.4, 0.5) is 5.69 Å². The molecule has 2 N–H and O–H groups in total. The Kier molecular flexibility index (Phi) is 5.25. The lowest BCUT2D eigenvalue weighted by molar-refractivity contribution is 0.102. The standard InChI is InChI=1S/C15H13Br2NO3/c1-2-21-11-5-3-4-9(6-11)15(20)18-10-7-12(16)14(19)13(17)8-10/h3-8,19H,2H2,1H3,(H,18,20). The summed E-state index contributed by atoms with van der Waals surface area (Å²) in [7, 11) is 0. The third-order valence-corrected chi connectivity index (χ3v) is 3.89. The SMILES string of the molecule is CCOc1cccc(C(=O)Nc2cc(Br)c(O)c(Br)c2)c1. The number of phenols is 1. The summed E-state index contributed by atoms with van der Waals surface area (Å²) >= 11 is 6.45. The summed E-state index contributed by atoms with van der Waals surface area (Å²) in [4.78, 5) is 12.2. The molecule has 0 saturated carbocycles. The van der Waals surface area contributed by atoms with Gasteiger partial charge in [0.15, 0.2) is 0 Å². The average molecular weight is 415 g/mol. The molecule has 0 unspecified atom stereocenters. The van der Waals surface area contributed by atoms with Crippen molar-refractivity contribution in [2.45, 2.75) is 6.92 Å². The van der Waals surface area contributed by atoms with Crippen LogP contribution >= 0.6 is 31.9 Å². The van der Waals surface area contributed by atoms with Gasteiger partial charge in [-0.1, -0.05) is 6.07 Å². The summed E-state index contributed by atoms with van der Waals surface area (Å²) < 4.78 is 6.36. The molecule has 0 aromatic heterocycles. The number of halogens is 2. The van der Waals surface area contributed by atoms with Gasteiger partial charge in [0.05, 0.1) is 15.6 Å². The molecule has 0 atom stereocenters. The van der Waals surface area contributed by atoms with E-state index in [-0.39, 0.29) is 11.7 Å². The fourth-order valence-corrected chi connectivity index (χ4v) is 2.92. The zero-order valence-electron chi connectivity index (χ0n) is 11.2. The van der Waals surface area contributed by atoms with E-state index in [1.54, 1.807) is 36.4 Å². The van der Waals surface area contributed by atoms with Crippen LogP contribution in [-0.4, -0.2) is 17.6 Å². The van der Waals surface area contributed by atoms with E-state index in [4.69, 9.17) is 4.74 Å². The summed E-state index contributed by atoms with van der Waals surface area (Å²) in [6.07, 6.45) is 0. The molecule has 2 aromatic rings. The molecule has 21 heavy (non-hydrogen) atoms. The number of anilines is 1. The van der Waals surface area contributed by atoms with E-state index in [1.807, 2.05) is 6.92 Å². The summed E-state index contributed by atoms with van der Waals surface area (Å²) in [5, 5.41) is 12.4. The predicted molar refractivity (Wildman–Crippen MR) is 89.1 cm³/mol. The van der Waals surface area contributed by atoms with Crippen molar-refractivity contribution in [2.24, 2.45) is 0 Å². The number of hydrogen-bond donors (Lipinski definition) is 2. The van der Waals surface area contributed by atoms with E-state index < -0.39 is 0 Å². The molecule has 0 fully saturated rings. The molecule has 0 aliphatic heterocycles.